The number of para-hydroxylation sites is 2. The molecule has 3 rings (SSSR count). The van der Waals surface area contributed by atoms with E-state index in [1.165, 1.54) is 11.7 Å². The van der Waals surface area contributed by atoms with Crippen LogP contribution in [-0.2, 0) is 10.9 Å². The first-order valence-corrected chi connectivity index (χ1v) is 6.99. The lowest BCUT2D eigenvalue weighted by Crippen LogP contribution is -2.13. The number of methoxy groups -OCH3 is 1. The molecule has 0 fully saturated rings. The van der Waals surface area contributed by atoms with E-state index in [4.69, 9.17) is 11.6 Å². The first kappa shape index (κ1) is 16.3. The second-order valence-electron chi connectivity index (χ2n) is 4.78. The zero-order chi connectivity index (χ0) is 17.5. The Balaban J connectivity index is 2.27. The van der Waals surface area contributed by atoms with Gasteiger partial charge in [-0.25, -0.2) is 14.8 Å². The van der Waals surface area contributed by atoms with Gasteiger partial charge < -0.3 is 4.74 Å². The molecule has 0 aliphatic rings. The number of esters is 1. The number of hydrogen-bond donors (Lipinski definition) is 0. The minimum atomic E-state index is -4.57. The summed E-state index contributed by atoms with van der Waals surface area (Å²) in [6, 6.07) is 7.45. The van der Waals surface area contributed by atoms with Gasteiger partial charge in [-0.2, -0.15) is 13.2 Å². The molecule has 0 radical (unpaired) electrons. The van der Waals surface area contributed by atoms with Gasteiger partial charge in [0.1, 0.15) is 0 Å². The van der Waals surface area contributed by atoms with Crippen LogP contribution in [0, 0.1) is 0 Å². The van der Waals surface area contributed by atoms with Crippen molar-refractivity contribution in [2.45, 2.75) is 6.18 Å². The standard InChI is InChI=1S/C15H9ClF3N3O2/c1-24-14(23)13-21-10-4-2-3-5-11(10)22(13)12-9(16)6-8(7-20-12)15(17,18)19/h2-7H,1H3. The number of nitrogens with zero attached hydrogens (tertiary/aromatic N) is 3. The van der Waals surface area contributed by atoms with Gasteiger partial charge in [0, 0.05) is 6.20 Å². The number of imidazole rings is 1. The summed E-state index contributed by atoms with van der Waals surface area (Å²) in [4.78, 5) is 19.9. The molecule has 24 heavy (non-hydrogen) atoms. The van der Waals surface area contributed by atoms with Crippen LogP contribution in [0.25, 0.3) is 16.9 Å². The third-order valence-corrected chi connectivity index (χ3v) is 3.57. The van der Waals surface area contributed by atoms with Gasteiger partial charge in [0.05, 0.1) is 28.7 Å². The average Bonchev–Trinajstić information content (AvgIpc) is 2.92. The number of pyridine rings is 1. The maximum absolute atomic E-state index is 12.8. The molecule has 2 heterocycles. The van der Waals surface area contributed by atoms with Crippen LogP contribution < -0.4 is 0 Å². The highest BCUT2D eigenvalue weighted by molar-refractivity contribution is 6.32. The van der Waals surface area contributed by atoms with E-state index in [1.54, 1.807) is 24.3 Å². The van der Waals surface area contributed by atoms with Crippen molar-refractivity contribution in [2.24, 2.45) is 0 Å². The Bertz CT molecular complexity index is 937. The van der Waals surface area contributed by atoms with Crippen molar-refractivity contribution < 1.29 is 22.7 Å². The molecule has 1 aromatic carbocycles. The summed E-state index contributed by atoms with van der Waals surface area (Å²) in [6.45, 7) is 0. The highest BCUT2D eigenvalue weighted by Crippen LogP contribution is 2.33. The Morgan fingerprint density at radius 3 is 2.62 bits per heavy atom. The summed E-state index contributed by atoms with van der Waals surface area (Å²) < 4.78 is 44.2. The molecule has 9 heteroatoms. The van der Waals surface area contributed by atoms with E-state index in [-0.39, 0.29) is 16.7 Å². The second kappa shape index (κ2) is 5.79. The van der Waals surface area contributed by atoms with Crippen LogP contribution in [0.4, 0.5) is 13.2 Å². The summed E-state index contributed by atoms with van der Waals surface area (Å²) in [5, 5.41) is -0.266. The lowest BCUT2D eigenvalue weighted by molar-refractivity contribution is -0.137. The highest BCUT2D eigenvalue weighted by Gasteiger charge is 2.32. The number of alkyl halides is 3. The molecule has 0 unspecified atom stereocenters. The number of hydrogen-bond acceptors (Lipinski definition) is 4. The number of fused-ring (bicyclic) bond motifs is 1. The van der Waals surface area contributed by atoms with Gasteiger partial charge in [-0.05, 0) is 18.2 Å². The van der Waals surface area contributed by atoms with Crippen LogP contribution >= 0.6 is 11.6 Å². The van der Waals surface area contributed by atoms with Crippen LogP contribution in [0.5, 0.6) is 0 Å². The lowest BCUT2D eigenvalue weighted by Gasteiger charge is -2.11. The van der Waals surface area contributed by atoms with Crippen molar-refractivity contribution in [3.8, 4) is 5.82 Å². The Kier molecular flexibility index (Phi) is 3.92. The molecular weight excluding hydrogens is 347 g/mol. The number of ether oxygens (including phenoxy) is 1. The Hall–Kier alpha value is -2.61. The summed E-state index contributed by atoms with van der Waals surface area (Å²) in [5.74, 6) is -0.935. The molecule has 0 bridgehead atoms. The van der Waals surface area contributed by atoms with Crippen molar-refractivity contribution in [1.29, 1.82) is 0 Å². The summed E-state index contributed by atoms with van der Waals surface area (Å²) in [6.07, 6.45) is -3.92. The molecule has 0 atom stereocenters. The molecule has 0 aliphatic carbocycles. The molecule has 3 aromatic rings. The molecule has 0 saturated carbocycles. The van der Waals surface area contributed by atoms with E-state index >= 15 is 0 Å². The predicted molar refractivity (Wildman–Crippen MR) is 80.2 cm³/mol. The van der Waals surface area contributed by atoms with Crippen LogP contribution in [0.1, 0.15) is 16.2 Å². The van der Waals surface area contributed by atoms with Crippen molar-refractivity contribution >= 4 is 28.6 Å². The monoisotopic (exact) mass is 355 g/mol. The molecular formula is C15H9ClF3N3O2. The van der Waals surface area contributed by atoms with E-state index < -0.39 is 17.7 Å². The van der Waals surface area contributed by atoms with Gasteiger partial charge in [-0.15, -0.1) is 0 Å². The van der Waals surface area contributed by atoms with Gasteiger partial charge in [-0.3, -0.25) is 4.57 Å². The fourth-order valence-electron chi connectivity index (χ4n) is 2.22. The number of aromatic nitrogens is 3. The van der Waals surface area contributed by atoms with Crippen LogP contribution in [-0.4, -0.2) is 27.6 Å². The van der Waals surface area contributed by atoms with Crippen molar-refractivity contribution in [1.82, 2.24) is 14.5 Å². The number of benzene rings is 1. The molecule has 0 spiro atoms. The average molecular weight is 356 g/mol. The molecule has 2 aromatic heterocycles. The zero-order valence-corrected chi connectivity index (χ0v) is 12.9. The van der Waals surface area contributed by atoms with E-state index in [2.05, 4.69) is 14.7 Å². The van der Waals surface area contributed by atoms with Crippen LogP contribution in [0.3, 0.4) is 0 Å². The smallest absolute Gasteiger partial charge is 0.417 e. The molecule has 5 nitrogen and oxygen atoms in total. The molecule has 124 valence electrons. The van der Waals surface area contributed by atoms with E-state index in [0.717, 1.165) is 6.07 Å². The van der Waals surface area contributed by atoms with Crippen molar-refractivity contribution in [2.75, 3.05) is 7.11 Å². The Morgan fingerprint density at radius 1 is 1.29 bits per heavy atom. The first-order chi connectivity index (χ1) is 11.3. The normalized spacial score (nSPS) is 11.7. The molecule has 0 aliphatic heterocycles. The largest absolute Gasteiger partial charge is 0.463 e. The van der Waals surface area contributed by atoms with Gasteiger partial charge in [0.25, 0.3) is 0 Å². The van der Waals surface area contributed by atoms with E-state index in [9.17, 15) is 18.0 Å². The number of carbonyl (C=O) groups is 1. The van der Waals surface area contributed by atoms with Crippen LogP contribution in [0.2, 0.25) is 5.02 Å². The van der Waals surface area contributed by atoms with E-state index in [0.29, 0.717) is 17.2 Å². The quantitative estimate of drug-likeness (QED) is 0.655. The topological polar surface area (TPSA) is 57.0 Å². The molecule has 0 amide bonds. The molecule has 0 N–H and O–H groups in total. The zero-order valence-electron chi connectivity index (χ0n) is 12.1. The minimum Gasteiger partial charge on any atom is -0.463 e. The third-order valence-electron chi connectivity index (χ3n) is 3.29. The van der Waals surface area contributed by atoms with Gasteiger partial charge >= 0.3 is 12.1 Å². The number of carbonyl (C=O) groups excluding carboxylic acids is 1. The third kappa shape index (κ3) is 2.69. The SMILES string of the molecule is COC(=O)c1nc2ccccc2n1-c1ncc(C(F)(F)F)cc1Cl. The minimum absolute atomic E-state index is 0.0428. The predicted octanol–water partition coefficient (Wildman–Crippen LogP) is 3.88. The summed E-state index contributed by atoms with van der Waals surface area (Å²) in [7, 11) is 1.17. The molecule has 0 saturated heterocycles. The summed E-state index contributed by atoms with van der Waals surface area (Å²) in [5.41, 5.74) is -0.0667. The van der Waals surface area contributed by atoms with Gasteiger partial charge in [-0.1, -0.05) is 23.7 Å². The van der Waals surface area contributed by atoms with Crippen molar-refractivity contribution in [3.63, 3.8) is 0 Å². The van der Waals surface area contributed by atoms with E-state index in [1.807, 2.05) is 0 Å². The van der Waals surface area contributed by atoms with Crippen LogP contribution in [0.15, 0.2) is 36.5 Å². The maximum Gasteiger partial charge on any atom is 0.417 e. The lowest BCUT2D eigenvalue weighted by atomic mass is 10.2. The number of rotatable bonds is 2. The maximum atomic E-state index is 12.8. The summed E-state index contributed by atoms with van der Waals surface area (Å²) >= 11 is 5.98. The van der Waals surface area contributed by atoms with Gasteiger partial charge in [0.2, 0.25) is 5.82 Å². The first-order valence-electron chi connectivity index (χ1n) is 6.62. The highest BCUT2D eigenvalue weighted by atomic mass is 35.5. The fourth-order valence-corrected chi connectivity index (χ4v) is 2.47. The fraction of sp³-hybridized carbons (Fsp3) is 0.133. The number of halogens is 4. The Labute approximate surface area is 138 Å². The Morgan fingerprint density at radius 2 is 2.00 bits per heavy atom. The van der Waals surface area contributed by atoms with Gasteiger partial charge in [0.15, 0.2) is 5.82 Å². The van der Waals surface area contributed by atoms with Crippen molar-refractivity contribution in [3.05, 3.63) is 52.9 Å². The second-order valence-corrected chi connectivity index (χ2v) is 5.19.